The van der Waals surface area contributed by atoms with Crippen molar-refractivity contribution in [1.82, 2.24) is 9.80 Å². The van der Waals surface area contributed by atoms with Gasteiger partial charge < -0.3 is 20.2 Å². The van der Waals surface area contributed by atoms with Crippen molar-refractivity contribution in [3.63, 3.8) is 0 Å². The van der Waals surface area contributed by atoms with Crippen LogP contribution in [-0.2, 0) is 16.1 Å². The van der Waals surface area contributed by atoms with Gasteiger partial charge in [-0.2, -0.15) is 0 Å². The third-order valence-electron chi connectivity index (χ3n) is 3.26. The van der Waals surface area contributed by atoms with E-state index in [1.54, 1.807) is 0 Å². The van der Waals surface area contributed by atoms with Gasteiger partial charge in [0.2, 0.25) is 0 Å². The molecular weight excluding hydrogens is 316 g/mol. The average molecular weight is 336 g/mol. The Labute approximate surface area is 139 Å². The standard InChI is InChI=1S/C12H16N2O2.C4H4O4/c15-12(16)14-8-6-13(7-9-14)10-11-4-2-1-3-5-11;5-3(6)1-2-4(7)8/h1-5H,6-10H2,(H,15,16);1-2H,(H,5,6)(H,7,8)/b;2-1+. The minimum absolute atomic E-state index is 0.558. The van der Waals surface area contributed by atoms with Gasteiger partial charge in [0.25, 0.3) is 0 Å². The summed E-state index contributed by atoms with van der Waals surface area (Å²) in [6, 6.07) is 10.3. The third-order valence-corrected chi connectivity index (χ3v) is 3.26. The molecule has 1 aliphatic heterocycles. The van der Waals surface area contributed by atoms with E-state index in [9.17, 15) is 14.4 Å². The second-order valence-corrected chi connectivity index (χ2v) is 5.04. The molecule has 0 aromatic heterocycles. The van der Waals surface area contributed by atoms with Gasteiger partial charge >= 0.3 is 18.0 Å². The van der Waals surface area contributed by atoms with E-state index < -0.39 is 18.0 Å². The van der Waals surface area contributed by atoms with Gasteiger partial charge in [0.15, 0.2) is 0 Å². The first kappa shape index (κ1) is 19.2. The molecule has 1 aromatic rings. The van der Waals surface area contributed by atoms with Crippen molar-refractivity contribution >= 4 is 18.0 Å². The number of hydrogen-bond acceptors (Lipinski definition) is 4. The van der Waals surface area contributed by atoms with Crippen molar-refractivity contribution in [2.24, 2.45) is 0 Å². The predicted molar refractivity (Wildman–Crippen MR) is 85.7 cm³/mol. The van der Waals surface area contributed by atoms with Crippen molar-refractivity contribution in [2.45, 2.75) is 6.54 Å². The van der Waals surface area contributed by atoms with Crippen molar-refractivity contribution < 1.29 is 29.7 Å². The second kappa shape index (κ2) is 10.0. The van der Waals surface area contributed by atoms with E-state index in [-0.39, 0.29) is 0 Å². The molecule has 2 rings (SSSR count). The summed E-state index contributed by atoms with van der Waals surface area (Å²) in [6.07, 6.45) is 0.310. The summed E-state index contributed by atoms with van der Waals surface area (Å²) < 4.78 is 0. The smallest absolute Gasteiger partial charge is 0.407 e. The Bertz CT molecular complexity index is 563. The van der Waals surface area contributed by atoms with Crippen LogP contribution in [0.3, 0.4) is 0 Å². The number of carboxylic acids is 2. The molecule has 1 heterocycles. The van der Waals surface area contributed by atoms with E-state index in [2.05, 4.69) is 17.0 Å². The zero-order valence-electron chi connectivity index (χ0n) is 13.0. The molecule has 8 heteroatoms. The Balaban J connectivity index is 0.000000307. The first-order chi connectivity index (χ1) is 11.4. The summed E-state index contributed by atoms with van der Waals surface area (Å²) in [5, 5.41) is 24.4. The number of carbonyl (C=O) groups is 3. The largest absolute Gasteiger partial charge is 0.478 e. The summed E-state index contributed by atoms with van der Waals surface area (Å²) in [4.78, 5) is 33.6. The molecule has 0 saturated carbocycles. The van der Waals surface area contributed by atoms with Crippen LogP contribution in [0, 0.1) is 0 Å². The summed E-state index contributed by atoms with van der Waals surface area (Å²) in [5.74, 6) is -2.51. The number of carboxylic acid groups (broad SMARTS) is 3. The molecule has 3 N–H and O–H groups in total. The van der Waals surface area contributed by atoms with Crippen LogP contribution < -0.4 is 0 Å². The Morgan fingerprint density at radius 2 is 1.38 bits per heavy atom. The lowest BCUT2D eigenvalue weighted by atomic mass is 10.2. The van der Waals surface area contributed by atoms with Crippen molar-refractivity contribution in [1.29, 1.82) is 0 Å². The first-order valence-corrected chi connectivity index (χ1v) is 7.26. The molecule has 0 bridgehead atoms. The topological polar surface area (TPSA) is 118 Å². The molecule has 1 fully saturated rings. The van der Waals surface area contributed by atoms with Gasteiger partial charge in [-0.1, -0.05) is 30.3 Å². The molecule has 1 saturated heterocycles. The Morgan fingerprint density at radius 1 is 0.875 bits per heavy atom. The van der Waals surface area contributed by atoms with Gasteiger partial charge in [0, 0.05) is 44.9 Å². The van der Waals surface area contributed by atoms with Gasteiger partial charge in [-0.3, -0.25) is 4.90 Å². The van der Waals surface area contributed by atoms with E-state index in [0.717, 1.165) is 19.6 Å². The minimum Gasteiger partial charge on any atom is -0.478 e. The van der Waals surface area contributed by atoms with E-state index in [4.69, 9.17) is 15.3 Å². The van der Waals surface area contributed by atoms with E-state index >= 15 is 0 Å². The van der Waals surface area contributed by atoms with Crippen molar-refractivity contribution in [3.8, 4) is 0 Å². The van der Waals surface area contributed by atoms with Gasteiger partial charge in [-0.15, -0.1) is 0 Å². The van der Waals surface area contributed by atoms with Crippen LogP contribution in [0.1, 0.15) is 5.56 Å². The molecular formula is C16H20N2O6. The van der Waals surface area contributed by atoms with Crippen LogP contribution in [0.4, 0.5) is 4.79 Å². The zero-order chi connectivity index (χ0) is 17.9. The molecule has 0 atom stereocenters. The molecule has 0 radical (unpaired) electrons. The van der Waals surface area contributed by atoms with Crippen molar-refractivity contribution in [2.75, 3.05) is 26.2 Å². The van der Waals surface area contributed by atoms with Crippen LogP contribution in [0.15, 0.2) is 42.5 Å². The average Bonchev–Trinajstić information content (AvgIpc) is 2.55. The third kappa shape index (κ3) is 7.95. The molecule has 1 aromatic carbocycles. The van der Waals surface area contributed by atoms with Crippen LogP contribution in [0.2, 0.25) is 0 Å². The number of nitrogens with zero attached hydrogens (tertiary/aromatic N) is 2. The lowest BCUT2D eigenvalue weighted by Gasteiger charge is -2.33. The highest BCUT2D eigenvalue weighted by Gasteiger charge is 2.19. The molecule has 0 spiro atoms. The number of amides is 1. The maximum Gasteiger partial charge on any atom is 0.407 e. The van der Waals surface area contributed by atoms with E-state index in [1.165, 1.54) is 10.5 Å². The molecule has 130 valence electrons. The summed E-state index contributed by atoms with van der Waals surface area (Å²) in [6.45, 7) is 3.78. The molecule has 1 aliphatic rings. The fourth-order valence-electron chi connectivity index (χ4n) is 2.08. The van der Waals surface area contributed by atoms with E-state index in [0.29, 0.717) is 25.2 Å². The summed E-state index contributed by atoms with van der Waals surface area (Å²) in [7, 11) is 0. The molecule has 1 amide bonds. The van der Waals surface area contributed by atoms with Gasteiger partial charge in [0.05, 0.1) is 0 Å². The highest BCUT2D eigenvalue weighted by Crippen LogP contribution is 2.08. The van der Waals surface area contributed by atoms with Crippen LogP contribution in [0.25, 0.3) is 0 Å². The maximum atomic E-state index is 10.7. The molecule has 24 heavy (non-hydrogen) atoms. The van der Waals surface area contributed by atoms with Crippen LogP contribution >= 0.6 is 0 Å². The predicted octanol–water partition coefficient (Wildman–Crippen LogP) is 1.19. The quantitative estimate of drug-likeness (QED) is 0.707. The number of rotatable bonds is 4. The summed E-state index contributed by atoms with van der Waals surface area (Å²) >= 11 is 0. The Morgan fingerprint density at radius 3 is 1.79 bits per heavy atom. The monoisotopic (exact) mass is 336 g/mol. The lowest BCUT2D eigenvalue weighted by molar-refractivity contribution is -0.134. The zero-order valence-corrected chi connectivity index (χ0v) is 13.0. The highest BCUT2D eigenvalue weighted by molar-refractivity contribution is 5.89. The van der Waals surface area contributed by atoms with Gasteiger partial charge in [-0.25, -0.2) is 14.4 Å². The van der Waals surface area contributed by atoms with Crippen molar-refractivity contribution in [3.05, 3.63) is 48.0 Å². The normalized spacial score (nSPS) is 14.8. The second-order valence-electron chi connectivity index (χ2n) is 5.04. The lowest BCUT2D eigenvalue weighted by Crippen LogP contribution is -2.47. The summed E-state index contributed by atoms with van der Waals surface area (Å²) in [5.41, 5.74) is 1.28. The highest BCUT2D eigenvalue weighted by atomic mass is 16.4. The number of piperazine rings is 1. The SMILES string of the molecule is O=C(O)/C=C/C(=O)O.O=C(O)N1CCN(Cc2ccccc2)CC1. The molecule has 0 unspecified atom stereocenters. The van der Waals surface area contributed by atoms with Gasteiger partial charge in [0.1, 0.15) is 0 Å². The first-order valence-electron chi connectivity index (χ1n) is 7.26. The van der Waals surface area contributed by atoms with E-state index in [1.807, 2.05) is 18.2 Å². The van der Waals surface area contributed by atoms with Crippen LogP contribution in [-0.4, -0.2) is 69.3 Å². The Hall–Kier alpha value is -2.87. The van der Waals surface area contributed by atoms with Gasteiger partial charge in [-0.05, 0) is 5.56 Å². The fourth-order valence-corrected chi connectivity index (χ4v) is 2.08. The number of aliphatic carboxylic acids is 2. The maximum absolute atomic E-state index is 10.7. The molecule has 0 aliphatic carbocycles. The minimum atomic E-state index is -1.26. The number of benzene rings is 1. The fraction of sp³-hybridized carbons (Fsp3) is 0.312. The number of hydrogen-bond donors (Lipinski definition) is 3. The van der Waals surface area contributed by atoms with Crippen LogP contribution in [0.5, 0.6) is 0 Å². The Kier molecular flexibility index (Phi) is 8.00. The molecule has 8 nitrogen and oxygen atoms in total.